The Hall–Kier alpha value is -1.13. The Morgan fingerprint density at radius 1 is 1.33 bits per heavy atom. The monoisotopic (exact) mass is 324 g/mol. The Morgan fingerprint density at radius 3 is 2.50 bits per heavy atom. The van der Waals surface area contributed by atoms with E-state index in [9.17, 15) is 4.79 Å². The molecular formula is C14H13BrO2S. The van der Waals surface area contributed by atoms with Gasteiger partial charge in [-0.2, -0.15) is 0 Å². The molecule has 0 aliphatic carbocycles. The van der Waals surface area contributed by atoms with E-state index in [1.54, 1.807) is 12.1 Å². The van der Waals surface area contributed by atoms with Gasteiger partial charge >= 0.3 is 0 Å². The number of carbonyl (C=O) groups excluding carboxylic acids is 1. The number of ether oxygens (including phenoxy) is 1. The Labute approximate surface area is 119 Å². The van der Waals surface area contributed by atoms with Crippen LogP contribution in [-0.4, -0.2) is 12.4 Å². The van der Waals surface area contributed by atoms with Crippen LogP contribution in [0.3, 0.4) is 0 Å². The van der Waals surface area contributed by atoms with Crippen molar-refractivity contribution in [1.29, 1.82) is 0 Å². The zero-order valence-corrected chi connectivity index (χ0v) is 12.6. The third kappa shape index (κ3) is 2.82. The number of thiophene rings is 1. The minimum absolute atomic E-state index is 0.0445. The summed E-state index contributed by atoms with van der Waals surface area (Å²) in [6, 6.07) is 9.21. The smallest absolute Gasteiger partial charge is 0.204 e. The molecule has 4 heteroatoms. The highest BCUT2D eigenvalue weighted by molar-refractivity contribution is 9.10. The van der Waals surface area contributed by atoms with Crippen molar-refractivity contribution >= 4 is 33.0 Å². The van der Waals surface area contributed by atoms with Gasteiger partial charge in [0.2, 0.25) is 5.78 Å². The molecule has 1 heterocycles. The lowest BCUT2D eigenvalue weighted by atomic mass is 10.1. The average Bonchev–Trinajstić information content (AvgIpc) is 2.69. The first-order valence-electron chi connectivity index (χ1n) is 5.65. The molecule has 0 N–H and O–H groups in total. The van der Waals surface area contributed by atoms with Gasteiger partial charge in [0.1, 0.15) is 5.75 Å². The standard InChI is InChI=1S/C14H13BrO2S/c1-3-17-11-6-4-10(5-7-11)13(16)14-12(15)8-9(2)18-14/h4-8H,3H2,1-2H3. The Balaban J connectivity index is 2.26. The van der Waals surface area contributed by atoms with Gasteiger partial charge in [0.05, 0.1) is 11.5 Å². The van der Waals surface area contributed by atoms with Gasteiger partial charge in [-0.1, -0.05) is 0 Å². The maximum atomic E-state index is 12.3. The molecule has 1 aromatic heterocycles. The molecular weight excluding hydrogens is 312 g/mol. The molecule has 2 rings (SSSR count). The second kappa shape index (κ2) is 5.67. The van der Waals surface area contributed by atoms with Gasteiger partial charge in [-0.3, -0.25) is 4.79 Å². The van der Waals surface area contributed by atoms with Crippen LogP contribution in [0.2, 0.25) is 0 Å². The van der Waals surface area contributed by atoms with E-state index in [0.29, 0.717) is 12.2 Å². The van der Waals surface area contributed by atoms with E-state index in [1.165, 1.54) is 11.3 Å². The summed E-state index contributed by atoms with van der Waals surface area (Å²) in [6.45, 7) is 4.55. The number of rotatable bonds is 4. The van der Waals surface area contributed by atoms with Crippen molar-refractivity contribution in [2.75, 3.05) is 6.61 Å². The van der Waals surface area contributed by atoms with E-state index in [4.69, 9.17) is 4.74 Å². The summed E-state index contributed by atoms with van der Waals surface area (Å²) in [5.41, 5.74) is 0.681. The summed E-state index contributed by atoms with van der Waals surface area (Å²) in [5, 5.41) is 0. The van der Waals surface area contributed by atoms with Crippen molar-refractivity contribution in [3.8, 4) is 5.75 Å². The highest BCUT2D eigenvalue weighted by atomic mass is 79.9. The molecule has 0 aliphatic rings. The number of hydrogen-bond donors (Lipinski definition) is 0. The SMILES string of the molecule is CCOc1ccc(C(=O)c2sc(C)cc2Br)cc1. The van der Waals surface area contributed by atoms with Gasteiger partial charge in [-0.05, 0) is 60.1 Å². The molecule has 0 saturated carbocycles. The van der Waals surface area contributed by atoms with Gasteiger partial charge in [0, 0.05) is 14.9 Å². The molecule has 1 aromatic carbocycles. The van der Waals surface area contributed by atoms with Crippen LogP contribution in [0.15, 0.2) is 34.8 Å². The van der Waals surface area contributed by atoms with Crippen LogP contribution < -0.4 is 4.74 Å². The van der Waals surface area contributed by atoms with Crippen molar-refractivity contribution in [1.82, 2.24) is 0 Å². The van der Waals surface area contributed by atoms with E-state index in [1.807, 2.05) is 32.0 Å². The molecule has 0 unspecified atom stereocenters. The van der Waals surface area contributed by atoms with Crippen LogP contribution in [0.1, 0.15) is 27.0 Å². The van der Waals surface area contributed by atoms with Crippen LogP contribution in [-0.2, 0) is 0 Å². The van der Waals surface area contributed by atoms with Crippen LogP contribution in [0, 0.1) is 6.92 Å². The summed E-state index contributed by atoms with van der Waals surface area (Å²) in [6.07, 6.45) is 0. The molecule has 0 saturated heterocycles. The normalized spacial score (nSPS) is 10.4. The number of hydrogen-bond acceptors (Lipinski definition) is 3. The fourth-order valence-electron chi connectivity index (χ4n) is 1.64. The summed E-state index contributed by atoms with van der Waals surface area (Å²) in [5.74, 6) is 0.832. The van der Waals surface area contributed by atoms with Crippen molar-refractivity contribution in [3.05, 3.63) is 50.1 Å². The number of halogens is 1. The lowest BCUT2D eigenvalue weighted by Crippen LogP contribution is -1.99. The number of carbonyl (C=O) groups is 1. The third-order valence-electron chi connectivity index (χ3n) is 2.44. The predicted octanol–water partition coefficient (Wildman–Crippen LogP) is 4.45. The summed E-state index contributed by atoms with van der Waals surface area (Å²) in [7, 11) is 0. The van der Waals surface area contributed by atoms with Crippen molar-refractivity contribution < 1.29 is 9.53 Å². The van der Waals surface area contributed by atoms with E-state index >= 15 is 0 Å². The fraction of sp³-hybridized carbons (Fsp3) is 0.214. The maximum absolute atomic E-state index is 12.3. The van der Waals surface area contributed by atoms with Gasteiger partial charge in [0.25, 0.3) is 0 Å². The largest absolute Gasteiger partial charge is 0.494 e. The first-order valence-corrected chi connectivity index (χ1v) is 7.26. The summed E-state index contributed by atoms with van der Waals surface area (Å²) < 4.78 is 6.22. The fourth-order valence-corrected chi connectivity index (χ4v) is 3.42. The Kier molecular flexibility index (Phi) is 4.19. The summed E-state index contributed by atoms with van der Waals surface area (Å²) >= 11 is 4.92. The van der Waals surface area contributed by atoms with Gasteiger partial charge in [0.15, 0.2) is 0 Å². The second-order valence-electron chi connectivity index (χ2n) is 3.82. The van der Waals surface area contributed by atoms with E-state index in [0.717, 1.165) is 20.0 Å². The first-order chi connectivity index (χ1) is 8.61. The van der Waals surface area contributed by atoms with Crippen molar-refractivity contribution in [3.63, 3.8) is 0 Å². The average molecular weight is 325 g/mol. The predicted molar refractivity (Wildman–Crippen MR) is 77.8 cm³/mol. The molecule has 2 nitrogen and oxygen atoms in total. The van der Waals surface area contributed by atoms with Crippen LogP contribution in [0.4, 0.5) is 0 Å². The molecule has 0 amide bonds. The van der Waals surface area contributed by atoms with E-state index in [-0.39, 0.29) is 5.78 Å². The van der Waals surface area contributed by atoms with Gasteiger partial charge < -0.3 is 4.74 Å². The van der Waals surface area contributed by atoms with E-state index < -0.39 is 0 Å². The van der Waals surface area contributed by atoms with E-state index in [2.05, 4.69) is 15.9 Å². The lowest BCUT2D eigenvalue weighted by molar-refractivity contribution is 0.104. The molecule has 2 aromatic rings. The van der Waals surface area contributed by atoms with Crippen molar-refractivity contribution in [2.24, 2.45) is 0 Å². The Bertz CT molecular complexity index is 558. The molecule has 0 radical (unpaired) electrons. The van der Waals surface area contributed by atoms with Gasteiger partial charge in [-0.15, -0.1) is 11.3 Å². The molecule has 0 atom stereocenters. The quantitative estimate of drug-likeness (QED) is 0.777. The number of benzene rings is 1. The Morgan fingerprint density at radius 2 is 2.00 bits per heavy atom. The molecule has 0 fully saturated rings. The number of ketones is 1. The van der Waals surface area contributed by atoms with Crippen LogP contribution >= 0.6 is 27.3 Å². The first kappa shape index (κ1) is 13.3. The number of aryl methyl sites for hydroxylation is 1. The van der Waals surface area contributed by atoms with Crippen LogP contribution in [0.25, 0.3) is 0 Å². The molecule has 94 valence electrons. The zero-order chi connectivity index (χ0) is 13.1. The molecule has 0 spiro atoms. The lowest BCUT2D eigenvalue weighted by Gasteiger charge is -2.04. The second-order valence-corrected chi connectivity index (χ2v) is 5.93. The molecule has 0 aliphatic heterocycles. The minimum atomic E-state index is 0.0445. The third-order valence-corrected chi connectivity index (χ3v) is 4.38. The minimum Gasteiger partial charge on any atom is -0.494 e. The summed E-state index contributed by atoms with van der Waals surface area (Å²) in [4.78, 5) is 14.2. The maximum Gasteiger partial charge on any atom is 0.204 e. The molecule has 0 bridgehead atoms. The van der Waals surface area contributed by atoms with Gasteiger partial charge in [-0.25, -0.2) is 0 Å². The zero-order valence-electron chi connectivity index (χ0n) is 10.2. The molecule has 18 heavy (non-hydrogen) atoms. The highest BCUT2D eigenvalue weighted by Crippen LogP contribution is 2.29. The van der Waals surface area contributed by atoms with Crippen LogP contribution in [0.5, 0.6) is 5.75 Å². The topological polar surface area (TPSA) is 26.3 Å². The van der Waals surface area contributed by atoms with Crippen molar-refractivity contribution in [2.45, 2.75) is 13.8 Å². The highest BCUT2D eigenvalue weighted by Gasteiger charge is 2.15.